The molecule has 0 aliphatic carbocycles. The molecule has 1 aliphatic rings. The molecule has 2 heterocycles. The number of carbonyl (C=O) groups excluding carboxylic acids is 1. The Kier molecular flexibility index (Phi) is 6.81. The monoisotopic (exact) mass is 536 g/mol. The molecule has 0 radical (unpaired) electrons. The molecule has 188 valence electrons. The van der Waals surface area contributed by atoms with Crippen LogP contribution in [0.2, 0.25) is 0 Å². The average molecular weight is 537 g/mol. The Bertz CT molecular complexity index is 1580. The largest absolute Gasteiger partial charge is 0.497 e. The van der Waals surface area contributed by atoms with E-state index in [4.69, 9.17) is 4.74 Å². The van der Waals surface area contributed by atoms with Crippen LogP contribution in [-0.2, 0) is 21.4 Å². The van der Waals surface area contributed by atoms with Crippen molar-refractivity contribution in [2.45, 2.75) is 16.6 Å². The zero-order chi connectivity index (χ0) is 26.0. The van der Waals surface area contributed by atoms with Crippen molar-refractivity contribution in [2.24, 2.45) is 0 Å². The van der Waals surface area contributed by atoms with Crippen LogP contribution in [-0.4, -0.2) is 37.2 Å². The van der Waals surface area contributed by atoms with Crippen molar-refractivity contribution in [3.8, 4) is 17.0 Å². The van der Waals surface area contributed by atoms with Crippen molar-refractivity contribution in [1.82, 2.24) is 9.97 Å². The number of halogens is 1. The Morgan fingerprint density at radius 2 is 1.86 bits per heavy atom. The van der Waals surface area contributed by atoms with Crippen molar-refractivity contribution in [1.29, 1.82) is 0 Å². The lowest BCUT2D eigenvalue weighted by molar-refractivity contribution is -0.113. The summed E-state index contributed by atoms with van der Waals surface area (Å²) in [4.78, 5) is 21.1. The van der Waals surface area contributed by atoms with Crippen molar-refractivity contribution in [2.75, 3.05) is 22.5 Å². The number of sulfonamides is 1. The maximum Gasteiger partial charge on any atom is 0.268 e. The number of aromatic nitrogens is 2. The first kappa shape index (κ1) is 24.7. The Balaban J connectivity index is 1.38. The molecule has 4 aromatic rings. The fraction of sp³-hybridized carbons (Fsp3) is 0.115. The highest BCUT2D eigenvalue weighted by Gasteiger charge is 2.36. The molecule has 0 atom stereocenters. The second kappa shape index (κ2) is 10.2. The first-order valence-corrected chi connectivity index (χ1v) is 13.6. The van der Waals surface area contributed by atoms with Crippen LogP contribution in [0.3, 0.4) is 0 Å². The van der Waals surface area contributed by atoms with Gasteiger partial charge in [0.25, 0.3) is 10.0 Å². The molecular formula is C26H21FN4O4S2. The van der Waals surface area contributed by atoms with Gasteiger partial charge in [0.1, 0.15) is 16.5 Å². The van der Waals surface area contributed by atoms with Crippen molar-refractivity contribution >= 4 is 39.1 Å². The van der Waals surface area contributed by atoms with E-state index in [0.717, 1.165) is 11.8 Å². The van der Waals surface area contributed by atoms with Gasteiger partial charge in [0.15, 0.2) is 5.16 Å². The van der Waals surface area contributed by atoms with Gasteiger partial charge in [-0.3, -0.25) is 9.10 Å². The van der Waals surface area contributed by atoms with Crippen molar-refractivity contribution in [3.63, 3.8) is 0 Å². The van der Waals surface area contributed by atoms with Crippen LogP contribution >= 0.6 is 11.8 Å². The van der Waals surface area contributed by atoms with Crippen LogP contribution in [0.4, 0.5) is 15.8 Å². The molecule has 0 saturated heterocycles. The lowest BCUT2D eigenvalue weighted by Crippen LogP contribution is -2.34. The van der Waals surface area contributed by atoms with E-state index in [-0.39, 0.29) is 34.0 Å². The number of carbonyl (C=O) groups is 1. The molecule has 1 amide bonds. The molecule has 37 heavy (non-hydrogen) atoms. The first-order chi connectivity index (χ1) is 17.8. The van der Waals surface area contributed by atoms with E-state index in [1.165, 1.54) is 22.6 Å². The number of fused-ring (bicyclic) bond motifs is 3. The topological polar surface area (TPSA) is 101 Å². The number of anilines is 2. The number of nitrogens with zero attached hydrogens (tertiary/aromatic N) is 3. The van der Waals surface area contributed by atoms with Gasteiger partial charge in [0, 0.05) is 11.3 Å². The van der Waals surface area contributed by atoms with E-state index >= 15 is 0 Å². The molecule has 0 spiro atoms. The third kappa shape index (κ3) is 5.13. The number of ether oxygens (including phenoxy) is 1. The summed E-state index contributed by atoms with van der Waals surface area (Å²) in [6.07, 6.45) is 1.26. The molecule has 0 unspecified atom stereocenters. The SMILES string of the molecule is COc1ccc(NC(=O)CSc2ncc3c(n2)-c2ccccc2N(Cc2cccc(F)c2)S3(=O)=O)cc1. The summed E-state index contributed by atoms with van der Waals surface area (Å²) in [6.45, 7) is -0.0431. The van der Waals surface area contributed by atoms with Gasteiger partial charge >= 0.3 is 0 Å². The van der Waals surface area contributed by atoms with E-state index in [2.05, 4.69) is 15.3 Å². The highest BCUT2D eigenvalue weighted by molar-refractivity contribution is 7.99. The van der Waals surface area contributed by atoms with Crippen LogP contribution in [0.1, 0.15) is 5.56 Å². The maximum atomic E-state index is 13.8. The van der Waals surface area contributed by atoms with Gasteiger partial charge in [-0.05, 0) is 48.0 Å². The third-order valence-corrected chi connectivity index (χ3v) is 8.27. The minimum atomic E-state index is -4.01. The summed E-state index contributed by atoms with van der Waals surface area (Å²) in [6, 6.07) is 19.8. The molecule has 1 aliphatic heterocycles. The minimum Gasteiger partial charge on any atom is -0.497 e. The summed E-state index contributed by atoms with van der Waals surface area (Å²) in [5.74, 6) is 0.0113. The number of methoxy groups -OCH3 is 1. The summed E-state index contributed by atoms with van der Waals surface area (Å²) < 4.78 is 47.2. The number of rotatable bonds is 7. The smallest absolute Gasteiger partial charge is 0.268 e. The number of hydrogen-bond acceptors (Lipinski definition) is 7. The highest BCUT2D eigenvalue weighted by atomic mass is 32.2. The number of hydrogen-bond donors (Lipinski definition) is 1. The fourth-order valence-corrected chi connectivity index (χ4v) is 6.09. The Labute approximate surface area is 217 Å². The van der Waals surface area contributed by atoms with Gasteiger partial charge in [-0.2, -0.15) is 0 Å². The molecule has 0 fully saturated rings. The normalized spacial score (nSPS) is 13.4. The number of amides is 1. The van der Waals surface area contributed by atoms with Crippen molar-refractivity contribution < 1.29 is 22.3 Å². The second-order valence-electron chi connectivity index (χ2n) is 8.09. The average Bonchev–Trinajstić information content (AvgIpc) is 2.90. The van der Waals surface area contributed by atoms with Crippen LogP contribution < -0.4 is 14.4 Å². The Morgan fingerprint density at radius 1 is 1.08 bits per heavy atom. The predicted octanol–water partition coefficient (Wildman–Crippen LogP) is 4.73. The maximum absolute atomic E-state index is 13.8. The van der Waals surface area contributed by atoms with Gasteiger partial charge in [-0.25, -0.2) is 22.8 Å². The van der Waals surface area contributed by atoms with E-state index < -0.39 is 15.8 Å². The molecular weight excluding hydrogens is 515 g/mol. The predicted molar refractivity (Wildman–Crippen MR) is 140 cm³/mol. The third-order valence-electron chi connectivity index (χ3n) is 5.65. The number of thioether (sulfide) groups is 1. The molecule has 0 saturated carbocycles. The second-order valence-corrected chi connectivity index (χ2v) is 10.9. The number of nitrogens with one attached hydrogen (secondary N) is 1. The molecule has 0 bridgehead atoms. The van der Waals surface area contributed by atoms with Gasteiger partial charge in [0.05, 0.1) is 37.0 Å². The molecule has 8 nitrogen and oxygen atoms in total. The summed E-state index contributed by atoms with van der Waals surface area (Å²) in [7, 11) is -2.45. The Morgan fingerprint density at radius 3 is 2.62 bits per heavy atom. The molecule has 11 heteroatoms. The fourth-order valence-electron chi connectivity index (χ4n) is 3.92. The Hall–Kier alpha value is -3.96. The van der Waals surface area contributed by atoms with E-state index in [1.807, 2.05) is 0 Å². The molecule has 3 aromatic carbocycles. The van der Waals surface area contributed by atoms with Gasteiger partial charge in [0.2, 0.25) is 5.91 Å². The zero-order valence-corrected chi connectivity index (χ0v) is 21.2. The summed E-state index contributed by atoms with van der Waals surface area (Å²) in [5, 5.41) is 3.06. The van der Waals surface area contributed by atoms with E-state index in [1.54, 1.807) is 67.8 Å². The zero-order valence-electron chi connectivity index (χ0n) is 19.6. The standard InChI is InChI=1S/C26H21FN4O4S2/c1-35-20-11-9-19(10-12-20)29-24(32)16-36-26-28-14-23-25(30-26)21-7-2-3-8-22(21)31(37(23,33)34)15-17-5-4-6-18(27)13-17/h2-14H,15-16H2,1H3,(H,29,32). The quantitative estimate of drug-likeness (QED) is 0.269. The molecule has 5 rings (SSSR count). The summed E-state index contributed by atoms with van der Waals surface area (Å²) >= 11 is 1.10. The van der Waals surface area contributed by atoms with Gasteiger partial charge in [-0.1, -0.05) is 42.1 Å². The summed E-state index contributed by atoms with van der Waals surface area (Å²) in [5.41, 5.74) is 2.44. The highest BCUT2D eigenvalue weighted by Crippen LogP contribution is 2.42. The van der Waals surface area contributed by atoms with Crippen LogP contribution in [0, 0.1) is 5.82 Å². The van der Waals surface area contributed by atoms with E-state index in [0.29, 0.717) is 28.3 Å². The molecule has 1 N–H and O–H groups in total. The first-order valence-electron chi connectivity index (χ1n) is 11.2. The number of para-hydroxylation sites is 1. The van der Waals surface area contributed by atoms with Crippen molar-refractivity contribution in [3.05, 3.63) is 90.4 Å². The van der Waals surface area contributed by atoms with Crippen LogP contribution in [0.15, 0.2) is 89.0 Å². The van der Waals surface area contributed by atoms with Gasteiger partial charge < -0.3 is 10.1 Å². The van der Waals surface area contributed by atoms with Crippen LogP contribution in [0.25, 0.3) is 11.3 Å². The van der Waals surface area contributed by atoms with Gasteiger partial charge in [-0.15, -0.1) is 0 Å². The lowest BCUT2D eigenvalue weighted by Gasteiger charge is -2.31. The minimum absolute atomic E-state index is 0.0326. The molecule has 1 aromatic heterocycles. The lowest BCUT2D eigenvalue weighted by atomic mass is 10.1. The number of benzene rings is 3. The van der Waals surface area contributed by atoms with E-state index in [9.17, 15) is 17.6 Å². The van der Waals surface area contributed by atoms with Crippen LogP contribution in [0.5, 0.6) is 5.75 Å².